The first-order valence-corrected chi connectivity index (χ1v) is 15.1. The van der Waals surface area contributed by atoms with E-state index < -0.39 is 11.6 Å². The Morgan fingerprint density at radius 3 is 2.07 bits per heavy atom. The van der Waals surface area contributed by atoms with E-state index >= 15 is 0 Å². The molecule has 0 aliphatic carbocycles. The van der Waals surface area contributed by atoms with Crippen LogP contribution < -0.4 is 0 Å². The molecule has 2 aromatic heterocycles. The monoisotopic (exact) mass is 775 g/mol. The molecule has 0 saturated carbocycles. The summed E-state index contributed by atoms with van der Waals surface area (Å²) in [6.07, 6.45) is 1.75. The van der Waals surface area contributed by atoms with Crippen molar-refractivity contribution in [3.05, 3.63) is 125 Å². The van der Waals surface area contributed by atoms with Crippen molar-refractivity contribution in [1.82, 2.24) is 4.98 Å². The predicted octanol–water partition coefficient (Wildman–Crippen LogP) is 11.3. The maximum absolute atomic E-state index is 14.2. The normalized spacial score (nSPS) is 11.5. The molecule has 0 saturated heterocycles. The molecule has 0 unspecified atom stereocenters. The van der Waals surface area contributed by atoms with E-state index in [0.717, 1.165) is 32.3 Å². The van der Waals surface area contributed by atoms with E-state index in [1.165, 1.54) is 34.6 Å². The van der Waals surface area contributed by atoms with Gasteiger partial charge in [-0.1, -0.05) is 84.4 Å². The third-order valence-electron chi connectivity index (χ3n) is 6.55. The summed E-state index contributed by atoms with van der Waals surface area (Å²) in [5, 5.41) is 10.2. The molecule has 0 aliphatic heterocycles. The fourth-order valence-corrected chi connectivity index (χ4v) is 5.52. The van der Waals surface area contributed by atoms with Crippen LogP contribution >= 0.6 is 11.3 Å². The van der Waals surface area contributed by atoms with E-state index in [1.54, 1.807) is 6.20 Å². The van der Waals surface area contributed by atoms with Crippen LogP contribution in [-0.4, -0.2) is 17.1 Å². The first kappa shape index (κ1) is 34.7. The first-order chi connectivity index (χ1) is 19.9. The summed E-state index contributed by atoms with van der Waals surface area (Å²) >= 11 is 1.47. The number of halogens is 2. The summed E-state index contributed by atoms with van der Waals surface area (Å²) in [6, 6.07) is 27.9. The summed E-state index contributed by atoms with van der Waals surface area (Å²) in [6.45, 7) is 14.8. The molecule has 3 aromatic carbocycles. The Morgan fingerprint density at radius 1 is 0.837 bits per heavy atom. The van der Waals surface area contributed by atoms with Gasteiger partial charge >= 0.3 is 20.1 Å². The van der Waals surface area contributed by atoms with Gasteiger partial charge in [0.25, 0.3) is 0 Å². The zero-order valence-corrected chi connectivity index (χ0v) is 28.9. The Bertz CT molecular complexity index is 1580. The minimum absolute atomic E-state index is 0. The second-order valence-electron chi connectivity index (χ2n) is 11.8. The molecular formula is C36H38F2IrN3S. The van der Waals surface area contributed by atoms with E-state index in [9.17, 15) is 8.78 Å². The summed E-state index contributed by atoms with van der Waals surface area (Å²) in [5.41, 5.74) is 4.56. The topological polar surface area (TPSA) is 41.1 Å². The number of pyridine rings is 1. The minimum Gasteiger partial charge on any atom is -0.672 e. The Kier molecular flexibility index (Phi) is 12.3. The molecule has 2 heterocycles. The first-order valence-electron chi connectivity index (χ1n) is 14.2. The van der Waals surface area contributed by atoms with Crippen molar-refractivity contribution in [2.75, 3.05) is 0 Å². The molecule has 43 heavy (non-hydrogen) atoms. The summed E-state index contributed by atoms with van der Waals surface area (Å²) < 4.78 is 28.4. The van der Waals surface area contributed by atoms with E-state index in [0.29, 0.717) is 17.6 Å². The molecule has 0 amide bonds. The van der Waals surface area contributed by atoms with Gasteiger partial charge in [-0.15, -0.1) is 58.8 Å². The Labute approximate surface area is 272 Å². The van der Waals surface area contributed by atoms with Gasteiger partial charge in [0.2, 0.25) is 0 Å². The van der Waals surface area contributed by atoms with Gasteiger partial charge in [-0.2, -0.15) is 0 Å². The van der Waals surface area contributed by atoms with Crippen molar-refractivity contribution in [2.24, 2.45) is 0 Å². The fraction of sp³-hybridized carbons (Fsp3) is 0.306. The Balaban J connectivity index is 0.000000271. The number of rotatable bonds is 7. The standard InChI is InChI=1S/C23H18F2NS.C13H20N2.Ir/c1-23(2,3)15-6-4-14(5-7-15)22-18-13-21(27-20(18)10-11-26-22)17-9-8-16(24)12-19(17)25;1-10(2)14-13(15-11(3)4)12-8-6-5-7-9-12;/h4,6-13H,1-3H3;5-11,13H,1-4H3;/q-1;-2;+3. The molecule has 0 radical (unpaired) electrons. The average molecular weight is 775 g/mol. The number of fused-ring (bicyclic) bond motifs is 1. The van der Waals surface area contributed by atoms with E-state index in [-0.39, 0.29) is 31.7 Å². The van der Waals surface area contributed by atoms with Crippen LogP contribution in [0.25, 0.3) is 42.4 Å². The van der Waals surface area contributed by atoms with Gasteiger partial charge in [-0.25, -0.2) is 14.9 Å². The number of hydrogen-bond acceptors (Lipinski definition) is 2. The van der Waals surface area contributed by atoms with Crippen LogP contribution in [0.4, 0.5) is 8.78 Å². The van der Waals surface area contributed by atoms with Gasteiger partial charge in [0.1, 0.15) is 11.6 Å². The molecule has 0 atom stereocenters. The van der Waals surface area contributed by atoms with Crippen molar-refractivity contribution in [2.45, 2.75) is 72.1 Å². The largest absolute Gasteiger partial charge is 3.00 e. The van der Waals surface area contributed by atoms with Gasteiger partial charge in [0, 0.05) is 27.4 Å². The number of hydrogen-bond donors (Lipinski definition) is 0. The van der Waals surface area contributed by atoms with Gasteiger partial charge in [-0.05, 0) is 40.8 Å². The SMILES string of the molecule is CC(C)(C)c1c[c-]c(-c2nccc3sc(-c4ccc(F)cc4F)cc23)cc1.CC(C)[N-]C([N-]C(C)C)c1ccccc1.[Ir+3]. The minimum atomic E-state index is -0.576. The van der Waals surface area contributed by atoms with Crippen molar-refractivity contribution < 1.29 is 28.9 Å². The van der Waals surface area contributed by atoms with E-state index in [2.05, 4.69) is 88.3 Å². The van der Waals surface area contributed by atoms with E-state index in [4.69, 9.17) is 0 Å². The van der Waals surface area contributed by atoms with Crippen molar-refractivity contribution in [3.63, 3.8) is 0 Å². The third kappa shape index (κ3) is 9.34. The van der Waals surface area contributed by atoms with Crippen LogP contribution in [-0.2, 0) is 25.5 Å². The fourth-order valence-electron chi connectivity index (χ4n) is 4.44. The maximum atomic E-state index is 14.2. The Morgan fingerprint density at radius 2 is 1.51 bits per heavy atom. The molecule has 5 aromatic rings. The van der Waals surface area contributed by atoms with Gasteiger partial charge in [0.05, 0.1) is 0 Å². The third-order valence-corrected chi connectivity index (χ3v) is 7.69. The molecular weight excluding hydrogens is 737 g/mol. The summed E-state index contributed by atoms with van der Waals surface area (Å²) in [5.74, 6) is -1.13. The summed E-state index contributed by atoms with van der Waals surface area (Å²) in [4.78, 5) is 5.29. The van der Waals surface area contributed by atoms with Crippen LogP contribution in [0.1, 0.15) is 65.8 Å². The zero-order valence-electron chi connectivity index (χ0n) is 25.7. The van der Waals surface area contributed by atoms with Crippen LogP contribution in [0.3, 0.4) is 0 Å². The van der Waals surface area contributed by atoms with E-state index in [1.807, 2.05) is 42.5 Å². The molecule has 0 spiro atoms. The van der Waals surface area contributed by atoms with Gasteiger partial charge in [0.15, 0.2) is 0 Å². The quantitative estimate of drug-likeness (QED) is 0.152. The van der Waals surface area contributed by atoms with Gasteiger partial charge in [-0.3, -0.25) is 0 Å². The van der Waals surface area contributed by atoms with Crippen molar-refractivity contribution in [1.29, 1.82) is 0 Å². The van der Waals surface area contributed by atoms with Crippen LogP contribution in [0.2, 0.25) is 0 Å². The molecule has 0 N–H and O–H groups in total. The second-order valence-corrected chi connectivity index (χ2v) is 12.9. The zero-order chi connectivity index (χ0) is 30.4. The Hall–Kier alpha value is -2.80. The van der Waals surface area contributed by atoms with Crippen LogP contribution in [0.5, 0.6) is 0 Å². The van der Waals surface area contributed by atoms with Crippen molar-refractivity contribution >= 4 is 21.4 Å². The predicted molar refractivity (Wildman–Crippen MR) is 174 cm³/mol. The summed E-state index contributed by atoms with van der Waals surface area (Å²) in [7, 11) is 0. The second kappa shape index (κ2) is 15.3. The smallest absolute Gasteiger partial charge is 0.672 e. The number of benzene rings is 3. The van der Waals surface area contributed by atoms with Crippen molar-refractivity contribution in [3.8, 4) is 21.7 Å². The molecule has 7 heteroatoms. The molecule has 0 aliphatic rings. The number of aromatic nitrogens is 1. The molecule has 226 valence electrons. The number of thiophene rings is 1. The molecule has 3 nitrogen and oxygen atoms in total. The number of nitrogens with zero attached hydrogens (tertiary/aromatic N) is 3. The van der Waals surface area contributed by atoms with Gasteiger partial charge < -0.3 is 15.6 Å². The molecule has 5 rings (SSSR count). The molecule has 0 bridgehead atoms. The molecule has 0 fully saturated rings. The average Bonchev–Trinajstić information content (AvgIpc) is 3.37. The van der Waals surface area contributed by atoms with Crippen LogP contribution in [0.15, 0.2) is 85.1 Å². The maximum Gasteiger partial charge on any atom is 3.00 e. The van der Waals surface area contributed by atoms with Crippen LogP contribution in [0, 0.1) is 17.7 Å².